The average Bonchev–Trinajstić information content (AvgIpc) is 3.38. The first-order valence-corrected chi connectivity index (χ1v) is 10.7. The second kappa shape index (κ2) is 7.73. The summed E-state index contributed by atoms with van der Waals surface area (Å²) in [4.78, 5) is 15.0. The summed E-state index contributed by atoms with van der Waals surface area (Å²) < 4.78 is 20.1. The molecule has 5 nitrogen and oxygen atoms in total. The molecule has 4 heterocycles. The highest BCUT2D eigenvalue weighted by Gasteiger charge is 2.24. The van der Waals surface area contributed by atoms with Gasteiger partial charge in [-0.3, -0.25) is 4.90 Å². The van der Waals surface area contributed by atoms with Crippen LogP contribution in [0.3, 0.4) is 0 Å². The van der Waals surface area contributed by atoms with Gasteiger partial charge in [0.25, 0.3) is 0 Å². The van der Waals surface area contributed by atoms with E-state index < -0.39 is 0 Å². The minimum atomic E-state index is -0.216. The van der Waals surface area contributed by atoms with Gasteiger partial charge in [-0.1, -0.05) is 12.1 Å². The second-order valence-corrected chi connectivity index (χ2v) is 8.50. The lowest BCUT2D eigenvalue weighted by molar-refractivity contribution is 0.0712. The van der Waals surface area contributed by atoms with Gasteiger partial charge in [-0.2, -0.15) is 0 Å². The van der Waals surface area contributed by atoms with Crippen molar-refractivity contribution in [2.75, 3.05) is 44.2 Å². The van der Waals surface area contributed by atoms with Gasteiger partial charge < -0.3 is 9.64 Å². The van der Waals surface area contributed by atoms with Crippen molar-refractivity contribution < 1.29 is 9.13 Å². The maximum Gasteiger partial charge on any atom is 0.150 e. The Morgan fingerprint density at radius 1 is 1.11 bits per heavy atom. The molecule has 0 spiro atoms. The molecule has 0 saturated carbocycles. The average molecular weight is 399 g/mol. The molecule has 2 aromatic heterocycles. The third-order valence-corrected chi connectivity index (χ3v) is 6.75. The number of rotatable bonds is 4. The Hall–Kier alpha value is -2.09. The first kappa shape index (κ1) is 18.0. The molecule has 2 saturated heterocycles. The first-order valence-electron chi connectivity index (χ1n) is 9.86. The third-order valence-electron chi connectivity index (χ3n) is 5.58. The number of hydrogen-bond acceptors (Lipinski definition) is 6. The van der Waals surface area contributed by atoms with Crippen molar-refractivity contribution in [3.63, 3.8) is 0 Å². The number of aromatic nitrogens is 2. The summed E-state index contributed by atoms with van der Waals surface area (Å²) in [6.45, 7) is 5.94. The van der Waals surface area contributed by atoms with E-state index in [-0.39, 0.29) is 5.82 Å². The van der Waals surface area contributed by atoms with Crippen molar-refractivity contribution in [2.45, 2.75) is 18.9 Å². The topological polar surface area (TPSA) is 41.5 Å². The maximum absolute atomic E-state index is 13.2. The smallest absolute Gasteiger partial charge is 0.150 e. The summed E-state index contributed by atoms with van der Waals surface area (Å²) in [6, 6.07) is 8.71. The van der Waals surface area contributed by atoms with Gasteiger partial charge in [0, 0.05) is 44.2 Å². The molecule has 0 N–H and O–H groups in total. The lowest BCUT2D eigenvalue weighted by Crippen LogP contribution is -2.48. The van der Waals surface area contributed by atoms with Crippen LogP contribution in [0, 0.1) is 5.82 Å². The maximum atomic E-state index is 13.2. The molecule has 2 fully saturated rings. The van der Waals surface area contributed by atoms with Crippen LogP contribution in [0.1, 0.15) is 12.8 Å². The normalized spacial score (nSPS) is 20.9. The van der Waals surface area contributed by atoms with Crippen molar-refractivity contribution in [3.05, 3.63) is 42.5 Å². The van der Waals surface area contributed by atoms with Crippen LogP contribution in [-0.2, 0) is 4.74 Å². The standard InChI is InChI=1S/C21H23FN4OS/c22-16-5-3-15(4-6-16)19-12-18-20(28-19)21(24-14-23-18)26-9-7-25(8-10-26)13-17-2-1-11-27-17/h3-6,12,14,17H,1-2,7-11,13H2/t17-/m0/s1. The minimum absolute atomic E-state index is 0.216. The fourth-order valence-electron chi connectivity index (χ4n) is 4.04. The van der Waals surface area contributed by atoms with E-state index in [0.29, 0.717) is 6.10 Å². The number of hydrogen-bond donors (Lipinski definition) is 0. The Morgan fingerprint density at radius 2 is 1.93 bits per heavy atom. The number of piperazine rings is 1. The predicted octanol–water partition coefficient (Wildman–Crippen LogP) is 3.80. The molecule has 1 atom stereocenters. The molecule has 0 bridgehead atoms. The molecular weight excluding hydrogens is 375 g/mol. The van der Waals surface area contributed by atoms with Gasteiger partial charge in [0.1, 0.15) is 18.0 Å². The summed E-state index contributed by atoms with van der Waals surface area (Å²) >= 11 is 1.68. The summed E-state index contributed by atoms with van der Waals surface area (Å²) in [5.41, 5.74) is 1.97. The lowest BCUT2D eigenvalue weighted by Gasteiger charge is -2.36. The SMILES string of the molecule is Fc1ccc(-c2cc3ncnc(N4CCN(C[C@@H]5CCCO5)CC4)c3s2)cc1. The molecule has 0 radical (unpaired) electrons. The molecular formula is C21H23FN4OS. The predicted molar refractivity (Wildman–Crippen MR) is 110 cm³/mol. The van der Waals surface area contributed by atoms with Crippen molar-refractivity contribution in [3.8, 4) is 10.4 Å². The van der Waals surface area contributed by atoms with E-state index in [1.54, 1.807) is 17.7 Å². The number of ether oxygens (including phenoxy) is 1. The fourth-order valence-corrected chi connectivity index (χ4v) is 5.18. The molecule has 7 heteroatoms. The quantitative estimate of drug-likeness (QED) is 0.669. The van der Waals surface area contributed by atoms with E-state index in [2.05, 4.69) is 25.8 Å². The van der Waals surface area contributed by atoms with E-state index in [1.807, 2.05) is 12.1 Å². The second-order valence-electron chi connectivity index (χ2n) is 7.45. The van der Waals surface area contributed by atoms with Crippen LogP contribution in [0.4, 0.5) is 10.2 Å². The van der Waals surface area contributed by atoms with Gasteiger partial charge in [0.2, 0.25) is 0 Å². The van der Waals surface area contributed by atoms with Crippen LogP contribution >= 0.6 is 11.3 Å². The van der Waals surface area contributed by atoms with Crippen molar-refractivity contribution in [1.82, 2.24) is 14.9 Å². The molecule has 3 aromatic rings. The molecule has 0 aliphatic carbocycles. The zero-order valence-electron chi connectivity index (χ0n) is 15.7. The number of anilines is 1. The van der Waals surface area contributed by atoms with Gasteiger partial charge >= 0.3 is 0 Å². The largest absolute Gasteiger partial charge is 0.377 e. The van der Waals surface area contributed by atoms with Gasteiger partial charge in [0.05, 0.1) is 16.3 Å². The van der Waals surface area contributed by atoms with E-state index in [1.165, 1.54) is 25.0 Å². The summed E-state index contributed by atoms with van der Waals surface area (Å²) in [7, 11) is 0. The monoisotopic (exact) mass is 398 g/mol. The highest BCUT2D eigenvalue weighted by Crippen LogP contribution is 2.37. The number of nitrogens with zero attached hydrogens (tertiary/aromatic N) is 4. The molecule has 28 heavy (non-hydrogen) atoms. The molecule has 146 valence electrons. The van der Waals surface area contributed by atoms with Gasteiger partial charge in [-0.05, 0) is 36.6 Å². The van der Waals surface area contributed by atoms with E-state index in [4.69, 9.17) is 4.74 Å². The lowest BCUT2D eigenvalue weighted by atomic mass is 10.2. The van der Waals surface area contributed by atoms with Crippen LogP contribution in [0.25, 0.3) is 20.7 Å². The molecule has 2 aliphatic heterocycles. The molecule has 0 amide bonds. The number of halogens is 1. The Kier molecular flexibility index (Phi) is 4.96. The zero-order chi connectivity index (χ0) is 18.9. The Labute approximate surface area is 167 Å². The Balaban J connectivity index is 1.34. The van der Waals surface area contributed by atoms with Crippen LogP contribution < -0.4 is 4.90 Å². The van der Waals surface area contributed by atoms with Gasteiger partial charge in [0.15, 0.2) is 0 Å². The molecule has 2 aliphatic rings. The first-order chi connectivity index (χ1) is 13.8. The Morgan fingerprint density at radius 3 is 2.68 bits per heavy atom. The van der Waals surface area contributed by atoms with Crippen molar-refractivity contribution in [1.29, 1.82) is 0 Å². The van der Waals surface area contributed by atoms with Gasteiger partial charge in [-0.15, -0.1) is 11.3 Å². The molecule has 0 unspecified atom stereocenters. The fraction of sp³-hybridized carbons (Fsp3) is 0.429. The van der Waals surface area contributed by atoms with E-state index in [9.17, 15) is 4.39 Å². The van der Waals surface area contributed by atoms with Crippen molar-refractivity contribution in [2.24, 2.45) is 0 Å². The number of fused-ring (bicyclic) bond motifs is 1. The van der Waals surface area contributed by atoms with Crippen LogP contribution in [0.15, 0.2) is 36.7 Å². The van der Waals surface area contributed by atoms with Crippen LogP contribution in [0.5, 0.6) is 0 Å². The van der Waals surface area contributed by atoms with Crippen LogP contribution in [-0.4, -0.2) is 60.3 Å². The summed E-state index contributed by atoms with van der Waals surface area (Å²) in [5.74, 6) is 0.798. The van der Waals surface area contributed by atoms with E-state index >= 15 is 0 Å². The zero-order valence-corrected chi connectivity index (χ0v) is 16.5. The molecule has 1 aromatic carbocycles. The Bertz CT molecular complexity index is 947. The highest BCUT2D eigenvalue weighted by molar-refractivity contribution is 7.22. The summed E-state index contributed by atoms with van der Waals surface area (Å²) in [6.07, 6.45) is 4.44. The summed E-state index contributed by atoms with van der Waals surface area (Å²) in [5, 5.41) is 0. The highest BCUT2D eigenvalue weighted by atomic mass is 32.1. The number of benzene rings is 1. The van der Waals surface area contributed by atoms with Crippen LogP contribution in [0.2, 0.25) is 0 Å². The minimum Gasteiger partial charge on any atom is -0.377 e. The van der Waals surface area contributed by atoms with E-state index in [0.717, 1.165) is 65.8 Å². The van der Waals surface area contributed by atoms with Crippen molar-refractivity contribution >= 4 is 27.4 Å². The molecule has 5 rings (SSSR count). The van der Waals surface area contributed by atoms with Gasteiger partial charge in [-0.25, -0.2) is 14.4 Å². The number of thiophene rings is 1. The third kappa shape index (κ3) is 3.62.